The van der Waals surface area contributed by atoms with E-state index in [-0.39, 0.29) is 24.4 Å². The number of aliphatic hydroxyl groups excluding tert-OH is 2. The summed E-state index contributed by atoms with van der Waals surface area (Å²) in [6.07, 6.45) is 6.94. The number of ether oxygens (including phenoxy) is 2. The molecule has 194 valence electrons. The Balaban J connectivity index is 1.23. The van der Waals surface area contributed by atoms with Crippen LogP contribution in [0.2, 0.25) is 0 Å². The summed E-state index contributed by atoms with van der Waals surface area (Å²) >= 11 is 0. The van der Waals surface area contributed by atoms with Gasteiger partial charge in [0.05, 0.1) is 37.0 Å². The number of rotatable bonds is 6. The first-order chi connectivity index (χ1) is 16.6. The van der Waals surface area contributed by atoms with Gasteiger partial charge in [0, 0.05) is 63.8 Å². The Kier molecular flexibility index (Phi) is 8.41. The molecule has 9 heteroatoms. The van der Waals surface area contributed by atoms with Gasteiger partial charge in [-0.05, 0) is 31.6 Å². The van der Waals surface area contributed by atoms with Crippen molar-refractivity contribution in [1.29, 1.82) is 0 Å². The second kappa shape index (κ2) is 11.5. The number of aliphatic hydroxyl groups is 2. The van der Waals surface area contributed by atoms with Gasteiger partial charge in [-0.2, -0.15) is 0 Å². The molecule has 9 nitrogen and oxygen atoms in total. The third kappa shape index (κ3) is 5.77. The van der Waals surface area contributed by atoms with E-state index in [0.717, 1.165) is 32.7 Å². The fraction of sp³-hybridized carbons (Fsp3) is 0.960. The largest absolute Gasteiger partial charge is 0.393 e. The molecule has 3 saturated heterocycles. The van der Waals surface area contributed by atoms with E-state index in [1.54, 1.807) is 0 Å². The summed E-state index contributed by atoms with van der Waals surface area (Å²) in [6.45, 7) is 4.26. The predicted molar refractivity (Wildman–Crippen MR) is 127 cm³/mol. The van der Waals surface area contributed by atoms with E-state index in [0.29, 0.717) is 44.1 Å². The van der Waals surface area contributed by atoms with E-state index in [9.17, 15) is 15.0 Å². The molecule has 7 unspecified atom stereocenters. The lowest BCUT2D eigenvalue weighted by Crippen LogP contribution is -2.69. The van der Waals surface area contributed by atoms with Gasteiger partial charge in [0.2, 0.25) is 5.91 Å². The highest BCUT2D eigenvalue weighted by Crippen LogP contribution is 2.33. The molecule has 2 aliphatic carbocycles. The van der Waals surface area contributed by atoms with E-state index < -0.39 is 24.2 Å². The Morgan fingerprint density at radius 3 is 2.74 bits per heavy atom. The molecule has 5 rings (SSSR count). The van der Waals surface area contributed by atoms with Crippen molar-refractivity contribution in [3.8, 4) is 0 Å². The number of nitrogens with zero attached hydrogens (tertiary/aromatic N) is 1. The quantitative estimate of drug-likeness (QED) is 0.365. The molecule has 34 heavy (non-hydrogen) atoms. The topological polar surface area (TPSA) is 115 Å². The van der Waals surface area contributed by atoms with Crippen molar-refractivity contribution in [2.24, 2.45) is 17.8 Å². The molecule has 5 fully saturated rings. The molecular formula is C25H44N4O5. The summed E-state index contributed by atoms with van der Waals surface area (Å²) < 4.78 is 11.8. The molecule has 2 saturated carbocycles. The number of piperidine rings is 1. The Bertz CT molecular complexity index is 672. The van der Waals surface area contributed by atoms with Gasteiger partial charge in [0.15, 0.2) is 0 Å². The standard InChI is InChI=1S/C25H44N4O5/c30-18-10-21(31)23(22(11-18)34-13-16-4-2-1-3-5-16)25(32)29-8-6-20-19(12-29)24(27-15-26-20)28-17-7-9-33-14-17/h16-24,26-28,30-31H,1-15H2/t17-,18?,19?,20?,21?,22?,23?,24?/m0/s1. The van der Waals surface area contributed by atoms with Crippen molar-refractivity contribution in [3.63, 3.8) is 0 Å². The van der Waals surface area contributed by atoms with Crippen LogP contribution in [0.15, 0.2) is 0 Å². The van der Waals surface area contributed by atoms with Crippen molar-refractivity contribution < 1.29 is 24.5 Å². The molecule has 0 aromatic heterocycles. The van der Waals surface area contributed by atoms with Crippen LogP contribution in [-0.4, -0.2) is 97.2 Å². The lowest BCUT2D eigenvalue weighted by atomic mass is 9.80. The molecule has 5 N–H and O–H groups in total. The number of nitrogens with one attached hydrogen (secondary N) is 3. The Hall–Kier alpha value is -0.810. The predicted octanol–water partition coefficient (Wildman–Crippen LogP) is 0.156. The molecule has 0 aromatic carbocycles. The molecule has 5 aliphatic rings. The fourth-order valence-electron chi connectivity index (χ4n) is 6.83. The van der Waals surface area contributed by atoms with Gasteiger partial charge in [-0.25, -0.2) is 0 Å². The summed E-state index contributed by atoms with van der Waals surface area (Å²) in [5.41, 5.74) is 0. The van der Waals surface area contributed by atoms with E-state index >= 15 is 0 Å². The first-order valence-electron chi connectivity index (χ1n) is 13.7. The van der Waals surface area contributed by atoms with Crippen molar-refractivity contribution >= 4 is 5.91 Å². The van der Waals surface area contributed by atoms with E-state index in [4.69, 9.17) is 9.47 Å². The molecule has 0 spiro atoms. The van der Waals surface area contributed by atoms with Gasteiger partial charge in [-0.3, -0.25) is 15.4 Å². The van der Waals surface area contributed by atoms with Crippen LogP contribution in [-0.2, 0) is 14.3 Å². The van der Waals surface area contributed by atoms with Crippen LogP contribution in [0.4, 0.5) is 0 Å². The zero-order valence-electron chi connectivity index (χ0n) is 20.4. The summed E-state index contributed by atoms with van der Waals surface area (Å²) in [6, 6.07) is 0.711. The van der Waals surface area contributed by atoms with E-state index in [1.165, 1.54) is 32.1 Å². The molecule has 3 aliphatic heterocycles. The number of hydrogen-bond donors (Lipinski definition) is 5. The molecule has 3 heterocycles. The van der Waals surface area contributed by atoms with Crippen LogP contribution in [0.5, 0.6) is 0 Å². The first kappa shape index (κ1) is 24.9. The van der Waals surface area contributed by atoms with Crippen LogP contribution in [0.3, 0.4) is 0 Å². The number of amides is 1. The minimum absolute atomic E-state index is 0.0139. The number of fused-ring (bicyclic) bond motifs is 1. The maximum Gasteiger partial charge on any atom is 0.230 e. The smallest absolute Gasteiger partial charge is 0.230 e. The third-order valence-corrected chi connectivity index (χ3v) is 8.82. The summed E-state index contributed by atoms with van der Waals surface area (Å²) in [5, 5.41) is 32.0. The number of hydrogen-bond acceptors (Lipinski definition) is 8. The van der Waals surface area contributed by atoms with E-state index in [2.05, 4.69) is 16.0 Å². The maximum absolute atomic E-state index is 13.8. The third-order valence-electron chi connectivity index (χ3n) is 8.82. The fourth-order valence-corrected chi connectivity index (χ4v) is 6.83. The lowest BCUT2D eigenvalue weighted by Gasteiger charge is -2.48. The van der Waals surface area contributed by atoms with E-state index in [1.807, 2.05) is 4.90 Å². The molecule has 0 aromatic rings. The van der Waals surface area contributed by atoms with Crippen LogP contribution in [0.25, 0.3) is 0 Å². The average Bonchev–Trinajstić information content (AvgIpc) is 3.36. The second-order valence-electron chi connectivity index (χ2n) is 11.2. The minimum atomic E-state index is -0.863. The molecule has 1 amide bonds. The number of carbonyl (C=O) groups is 1. The van der Waals surface area contributed by atoms with Crippen molar-refractivity contribution in [3.05, 3.63) is 0 Å². The van der Waals surface area contributed by atoms with Crippen LogP contribution in [0.1, 0.15) is 57.8 Å². The lowest BCUT2D eigenvalue weighted by molar-refractivity contribution is -0.161. The van der Waals surface area contributed by atoms with Crippen molar-refractivity contribution in [2.75, 3.05) is 39.6 Å². The highest BCUT2D eigenvalue weighted by molar-refractivity contribution is 5.80. The van der Waals surface area contributed by atoms with Gasteiger partial charge in [0.25, 0.3) is 0 Å². The molecule has 0 bridgehead atoms. The first-order valence-corrected chi connectivity index (χ1v) is 13.7. The van der Waals surface area contributed by atoms with Gasteiger partial charge in [-0.15, -0.1) is 0 Å². The van der Waals surface area contributed by atoms with Gasteiger partial charge < -0.3 is 29.9 Å². The van der Waals surface area contributed by atoms with Crippen LogP contribution in [0, 0.1) is 17.8 Å². The maximum atomic E-state index is 13.8. The summed E-state index contributed by atoms with van der Waals surface area (Å²) in [4.78, 5) is 15.7. The van der Waals surface area contributed by atoms with Crippen molar-refractivity contribution in [2.45, 2.75) is 94.3 Å². The Morgan fingerprint density at radius 1 is 1.09 bits per heavy atom. The molecule has 8 atom stereocenters. The minimum Gasteiger partial charge on any atom is -0.393 e. The molecule has 0 radical (unpaired) electrons. The summed E-state index contributed by atoms with van der Waals surface area (Å²) in [7, 11) is 0. The Labute approximate surface area is 203 Å². The second-order valence-corrected chi connectivity index (χ2v) is 11.2. The average molecular weight is 481 g/mol. The van der Waals surface area contributed by atoms with Crippen molar-refractivity contribution in [1.82, 2.24) is 20.9 Å². The summed E-state index contributed by atoms with van der Waals surface area (Å²) in [5.74, 6) is 0.171. The monoisotopic (exact) mass is 480 g/mol. The number of likely N-dealkylation sites (tertiary alicyclic amines) is 1. The van der Waals surface area contributed by atoms with Gasteiger partial charge >= 0.3 is 0 Å². The zero-order valence-corrected chi connectivity index (χ0v) is 20.4. The SMILES string of the molecule is O=C(C1C(O)CC(O)CC1OCC1CCCCC1)N1CCC2NCNC(N[C@H]3CCOC3)C2C1. The Morgan fingerprint density at radius 2 is 1.94 bits per heavy atom. The number of carbonyl (C=O) groups excluding carboxylic acids is 1. The zero-order chi connectivity index (χ0) is 23.5. The van der Waals surface area contributed by atoms with Crippen LogP contribution >= 0.6 is 0 Å². The van der Waals surface area contributed by atoms with Gasteiger partial charge in [0.1, 0.15) is 0 Å². The molecular weight excluding hydrogens is 436 g/mol. The van der Waals surface area contributed by atoms with Gasteiger partial charge in [-0.1, -0.05) is 19.3 Å². The van der Waals surface area contributed by atoms with Crippen LogP contribution < -0.4 is 16.0 Å². The highest BCUT2D eigenvalue weighted by Gasteiger charge is 2.46. The highest BCUT2D eigenvalue weighted by atomic mass is 16.5. The normalized spacial score (nSPS) is 41.9.